The minimum absolute atomic E-state index is 0.229. The maximum atomic E-state index is 12.6. The number of aryl methyl sites for hydroxylation is 1. The van der Waals surface area contributed by atoms with Crippen LogP contribution < -0.4 is 0 Å². The summed E-state index contributed by atoms with van der Waals surface area (Å²) < 4.78 is 2.13. The molecule has 6 heteroatoms. The Morgan fingerprint density at radius 2 is 1.91 bits per heavy atom. The minimum atomic E-state index is 0.229. The minimum Gasteiger partial charge on any atom is -0.337 e. The van der Waals surface area contributed by atoms with Crippen LogP contribution in [-0.4, -0.2) is 43.4 Å². The lowest BCUT2D eigenvalue weighted by atomic mass is 9.98. The molecule has 1 amide bonds. The molecular formula is C16H28N4OS. The van der Waals surface area contributed by atoms with Gasteiger partial charge in [-0.3, -0.25) is 4.79 Å². The van der Waals surface area contributed by atoms with E-state index in [1.54, 1.807) is 0 Å². The highest BCUT2D eigenvalue weighted by Gasteiger charge is 2.29. The number of amides is 1. The number of aromatic nitrogens is 3. The first-order valence-electron chi connectivity index (χ1n) is 8.44. The van der Waals surface area contributed by atoms with Crippen molar-refractivity contribution in [1.82, 2.24) is 19.7 Å². The zero-order chi connectivity index (χ0) is 16.1. The first-order valence-corrected chi connectivity index (χ1v) is 9.43. The predicted octanol–water partition coefficient (Wildman–Crippen LogP) is 3.13. The predicted molar refractivity (Wildman–Crippen MR) is 90.0 cm³/mol. The average Bonchev–Trinajstić information content (AvgIpc) is 2.87. The van der Waals surface area contributed by atoms with Crippen LogP contribution in [0.3, 0.4) is 0 Å². The molecular weight excluding hydrogens is 296 g/mol. The quantitative estimate of drug-likeness (QED) is 0.754. The van der Waals surface area contributed by atoms with Gasteiger partial charge in [0, 0.05) is 25.0 Å². The van der Waals surface area contributed by atoms with Crippen LogP contribution in [0.5, 0.6) is 0 Å². The van der Waals surface area contributed by atoms with Crippen molar-refractivity contribution in [2.45, 2.75) is 83.6 Å². The Bertz CT molecular complexity index is 492. The van der Waals surface area contributed by atoms with Gasteiger partial charge in [-0.2, -0.15) is 0 Å². The van der Waals surface area contributed by atoms with Crippen molar-refractivity contribution >= 4 is 17.7 Å². The van der Waals surface area contributed by atoms with Gasteiger partial charge in [-0.25, -0.2) is 0 Å². The van der Waals surface area contributed by atoms with Crippen LogP contribution in [0.4, 0.5) is 0 Å². The Hall–Kier alpha value is -1.04. The summed E-state index contributed by atoms with van der Waals surface area (Å²) in [4.78, 5) is 14.6. The highest BCUT2D eigenvalue weighted by molar-refractivity contribution is 7.99. The van der Waals surface area contributed by atoms with E-state index in [0.29, 0.717) is 17.8 Å². The monoisotopic (exact) mass is 324 g/mol. The van der Waals surface area contributed by atoms with E-state index in [9.17, 15) is 4.79 Å². The van der Waals surface area contributed by atoms with E-state index in [1.807, 2.05) is 0 Å². The fraction of sp³-hybridized carbons (Fsp3) is 0.812. The molecule has 0 saturated carbocycles. The van der Waals surface area contributed by atoms with Crippen LogP contribution >= 0.6 is 11.8 Å². The molecule has 0 bridgehead atoms. The molecule has 0 N–H and O–H groups in total. The lowest BCUT2D eigenvalue weighted by Gasteiger charge is -2.39. The highest BCUT2D eigenvalue weighted by atomic mass is 32.2. The van der Waals surface area contributed by atoms with Crippen molar-refractivity contribution < 1.29 is 4.79 Å². The van der Waals surface area contributed by atoms with Gasteiger partial charge in [-0.05, 0) is 46.5 Å². The van der Waals surface area contributed by atoms with Crippen LogP contribution in [0.1, 0.15) is 59.2 Å². The van der Waals surface area contributed by atoms with Gasteiger partial charge in [0.1, 0.15) is 5.82 Å². The smallest absolute Gasteiger partial charge is 0.233 e. The second-order valence-electron chi connectivity index (χ2n) is 6.11. The Morgan fingerprint density at radius 1 is 1.23 bits per heavy atom. The lowest BCUT2D eigenvalue weighted by Crippen LogP contribution is -2.48. The summed E-state index contributed by atoms with van der Waals surface area (Å²) in [6.45, 7) is 9.42. The van der Waals surface area contributed by atoms with Crippen LogP contribution in [-0.2, 0) is 17.8 Å². The van der Waals surface area contributed by atoms with Gasteiger partial charge in [0.15, 0.2) is 5.16 Å². The molecule has 5 nitrogen and oxygen atoms in total. The molecule has 1 aromatic rings. The number of likely N-dealkylation sites (tertiary alicyclic amines) is 1. The molecule has 0 aromatic carbocycles. The summed E-state index contributed by atoms with van der Waals surface area (Å²) in [5, 5.41) is 9.40. The van der Waals surface area contributed by atoms with E-state index in [0.717, 1.165) is 43.2 Å². The normalized spacial score (nSPS) is 22.1. The molecule has 2 heterocycles. The summed E-state index contributed by atoms with van der Waals surface area (Å²) >= 11 is 1.52. The molecule has 0 radical (unpaired) electrons. The summed E-state index contributed by atoms with van der Waals surface area (Å²) in [5.41, 5.74) is 0. The van der Waals surface area contributed by atoms with E-state index in [1.165, 1.54) is 18.2 Å². The molecule has 0 aliphatic carbocycles. The summed E-state index contributed by atoms with van der Waals surface area (Å²) in [6.07, 6.45) is 5.46. The third-order valence-electron chi connectivity index (χ3n) is 4.39. The van der Waals surface area contributed by atoms with Crippen molar-refractivity contribution in [1.29, 1.82) is 0 Å². The third kappa shape index (κ3) is 3.83. The number of nitrogens with zero attached hydrogens (tertiary/aromatic N) is 4. The average molecular weight is 324 g/mol. The lowest BCUT2D eigenvalue weighted by molar-refractivity contribution is -0.134. The molecule has 22 heavy (non-hydrogen) atoms. The molecule has 1 saturated heterocycles. The molecule has 1 aliphatic heterocycles. The van der Waals surface area contributed by atoms with Crippen molar-refractivity contribution in [3.05, 3.63) is 5.82 Å². The SMILES string of the molecule is CCCc1nnc(SCC(=O)N2[C@@H](C)CCC[C@@H]2C)n1CC. The van der Waals surface area contributed by atoms with Crippen molar-refractivity contribution in [2.24, 2.45) is 0 Å². The van der Waals surface area contributed by atoms with E-state index in [4.69, 9.17) is 0 Å². The Labute approximate surface area is 137 Å². The first kappa shape index (κ1) is 17.3. The van der Waals surface area contributed by atoms with E-state index in [-0.39, 0.29) is 5.91 Å². The van der Waals surface area contributed by atoms with Gasteiger partial charge in [0.25, 0.3) is 0 Å². The number of hydrogen-bond donors (Lipinski definition) is 0. The number of piperidine rings is 1. The number of rotatable bonds is 6. The van der Waals surface area contributed by atoms with Crippen LogP contribution in [0, 0.1) is 0 Å². The van der Waals surface area contributed by atoms with Gasteiger partial charge in [0.05, 0.1) is 5.75 Å². The molecule has 0 spiro atoms. The Balaban J connectivity index is 1.98. The Morgan fingerprint density at radius 3 is 2.50 bits per heavy atom. The topological polar surface area (TPSA) is 51.0 Å². The summed E-state index contributed by atoms with van der Waals surface area (Å²) in [5.74, 6) is 1.71. The molecule has 2 rings (SSSR count). The standard InChI is InChI=1S/C16H28N4OS/c1-5-8-14-17-18-16(19(14)6-2)22-11-15(21)20-12(3)9-7-10-13(20)4/h12-13H,5-11H2,1-4H3/t12-,13-/m0/s1. The van der Waals surface area contributed by atoms with E-state index < -0.39 is 0 Å². The maximum absolute atomic E-state index is 12.6. The number of carbonyl (C=O) groups is 1. The molecule has 124 valence electrons. The largest absolute Gasteiger partial charge is 0.337 e. The number of hydrogen-bond acceptors (Lipinski definition) is 4. The zero-order valence-corrected chi connectivity index (χ0v) is 15.0. The van der Waals surface area contributed by atoms with Crippen molar-refractivity contribution in [3.63, 3.8) is 0 Å². The second-order valence-corrected chi connectivity index (χ2v) is 7.05. The molecule has 1 fully saturated rings. The van der Waals surface area contributed by atoms with Crippen molar-refractivity contribution in [2.75, 3.05) is 5.75 Å². The van der Waals surface area contributed by atoms with E-state index in [2.05, 4.69) is 47.4 Å². The van der Waals surface area contributed by atoms with E-state index >= 15 is 0 Å². The number of thioether (sulfide) groups is 1. The fourth-order valence-corrected chi connectivity index (χ4v) is 4.16. The highest BCUT2D eigenvalue weighted by Crippen LogP contribution is 2.25. The third-order valence-corrected chi connectivity index (χ3v) is 5.34. The van der Waals surface area contributed by atoms with Crippen molar-refractivity contribution in [3.8, 4) is 0 Å². The molecule has 1 aliphatic rings. The summed E-state index contributed by atoms with van der Waals surface area (Å²) in [6, 6.07) is 0.716. The maximum Gasteiger partial charge on any atom is 0.233 e. The van der Waals surface area contributed by atoms with Crippen LogP contribution in [0.15, 0.2) is 5.16 Å². The van der Waals surface area contributed by atoms with Gasteiger partial charge in [0.2, 0.25) is 5.91 Å². The Kier molecular flexibility index (Phi) is 6.29. The fourth-order valence-electron chi connectivity index (χ4n) is 3.27. The molecule has 2 atom stereocenters. The zero-order valence-electron chi connectivity index (χ0n) is 14.2. The number of carbonyl (C=O) groups excluding carboxylic acids is 1. The first-order chi connectivity index (χ1) is 10.6. The van der Waals surface area contributed by atoms with Gasteiger partial charge < -0.3 is 9.47 Å². The second kappa shape index (κ2) is 7.99. The molecule has 1 aromatic heterocycles. The van der Waals surface area contributed by atoms with Crippen LogP contribution in [0.2, 0.25) is 0 Å². The van der Waals surface area contributed by atoms with Crippen LogP contribution in [0.25, 0.3) is 0 Å². The molecule has 0 unspecified atom stereocenters. The van der Waals surface area contributed by atoms with Gasteiger partial charge >= 0.3 is 0 Å². The summed E-state index contributed by atoms with van der Waals surface area (Å²) in [7, 11) is 0. The van der Waals surface area contributed by atoms with Gasteiger partial charge in [-0.1, -0.05) is 18.7 Å². The van der Waals surface area contributed by atoms with Gasteiger partial charge in [-0.15, -0.1) is 10.2 Å².